The fourth-order valence-corrected chi connectivity index (χ4v) is 3.02. The summed E-state index contributed by atoms with van der Waals surface area (Å²) in [6.45, 7) is 0.339. The fraction of sp³-hybridized carbons (Fsp3) is 0.111. The number of amides is 1. The van der Waals surface area contributed by atoms with E-state index < -0.39 is 0 Å². The second-order valence-corrected chi connectivity index (χ2v) is 6.10. The lowest BCUT2D eigenvalue weighted by atomic mass is 10.1. The van der Waals surface area contributed by atoms with E-state index in [-0.39, 0.29) is 17.5 Å². The topological polar surface area (TPSA) is 65.2 Å². The van der Waals surface area contributed by atoms with Gasteiger partial charge >= 0.3 is 0 Å². The van der Waals surface area contributed by atoms with Crippen LogP contribution in [0.1, 0.15) is 5.56 Å². The third-order valence-electron chi connectivity index (χ3n) is 3.39. The predicted octanol–water partition coefficient (Wildman–Crippen LogP) is 3.53. The molecule has 1 amide bonds. The second-order valence-electron chi connectivity index (χ2n) is 5.14. The van der Waals surface area contributed by atoms with Gasteiger partial charge in [0.2, 0.25) is 5.91 Å². The number of benzene rings is 2. The fourth-order valence-electron chi connectivity index (χ4n) is 2.27. The molecule has 0 aliphatic heterocycles. The summed E-state index contributed by atoms with van der Waals surface area (Å²) in [6.07, 6.45) is 1.68. The van der Waals surface area contributed by atoms with E-state index in [1.54, 1.807) is 18.3 Å². The molecule has 1 heterocycles. The molecule has 122 valence electrons. The predicted molar refractivity (Wildman–Crippen MR) is 92.4 cm³/mol. The number of nitrogens with two attached hydrogens (primary N) is 1. The average molecular weight is 342 g/mol. The highest BCUT2D eigenvalue weighted by molar-refractivity contribution is 8.00. The van der Waals surface area contributed by atoms with Gasteiger partial charge in [-0.1, -0.05) is 36.0 Å². The average Bonchev–Trinajstić information content (AvgIpc) is 2.59. The quantitative estimate of drug-likeness (QED) is 0.696. The van der Waals surface area contributed by atoms with Crippen molar-refractivity contribution in [2.24, 2.45) is 5.73 Å². The summed E-state index contributed by atoms with van der Waals surface area (Å²) in [4.78, 5) is 15.3. The summed E-state index contributed by atoms with van der Waals surface area (Å²) in [5, 5.41) is 2.54. The summed E-state index contributed by atoms with van der Waals surface area (Å²) < 4.78 is 18.8. The Labute approximate surface area is 142 Å². The van der Waals surface area contributed by atoms with E-state index >= 15 is 0 Å². The van der Waals surface area contributed by atoms with Gasteiger partial charge < -0.3 is 10.5 Å². The Morgan fingerprint density at radius 1 is 1.12 bits per heavy atom. The van der Waals surface area contributed by atoms with Crippen LogP contribution in [0.15, 0.2) is 59.8 Å². The maximum absolute atomic E-state index is 12.9. The van der Waals surface area contributed by atoms with E-state index in [1.165, 1.54) is 23.9 Å². The number of carbonyl (C=O) groups is 1. The van der Waals surface area contributed by atoms with Gasteiger partial charge in [-0.15, -0.1) is 0 Å². The Bertz CT molecular complexity index is 869. The standard InChI is InChI=1S/C18H15FN2O2S/c19-13-6-4-12(5-7-13)10-23-16-3-1-2-15-14(16)8-9-21-18(15)24-11-17(20)22/h1-9H,10-11H2,(H2,20,22). The molecule has 0 radical (unpaired) electrons. The van der Waals surface area contributed by atoms with E-state index in [4.69, 9.17) is 10.5 Å². The zero-order valence-electron chi connectivity index (χ0n) is 12.7. The van der Waals surface area contributed by atoms with Crippen molar-refractivity contribution >= 4 is 28.4 Å². The molecular formula is C18H15FN2O2S. The van der Waals surface area contributed by atoms with Gasteiger partial charge in [-0.05, 0) is 29.8 Å². The summed E-state index contributed by atoms with van der Waals surface area (Å²) in [6, 6.07) is 13.7. The highest BCUT2D eigenvalue weighted by Gasteiger charge is 2.09. The summed E-state index contributed by atoms with van der Waals surface area (Å²) in [5.41, 5.74) is 6.08. The molecule has 1 aromatic heterocycles. The normalized spacial score (nSPS) is 10.7. The van der Waals surface area contributed by atoms with Crippen LogP contribution in [0.3, 0.4) is 0 Å². The van der Waals surface area contributed by atoms with Crippen molar-refractivity contribution in [3.63, 3.8) is 0 Å². The molecule has 4 nitrogen and oxygen atoms in total. The van der Waals surface area contributed by atoms with Crippen LogP contribution < -0.4 is 10.5 Å². The van der Waals surface area contributed by atoms with Crippen molar-refractivity contribution in [1.29, 1.82) is 0 Å². The van der Waals surface area contributed by atoms with Gasteiger partial charge in [0.05, 0.1) is 5.75 Å². The van der Waals surface area contributed by atoms with Crippen molar-refractivity contribution in [3.8, 4) is 5.75 Å². The highest BCUT2D eigenvalue weighted by Crippen LogP contribution is 2.31. The van der Waals surface area contributed by atoms with Gasteiger partial charge in [0.1, 0.15) is 23.2 Å². The number of hydrogen-bond donors (Lipinski definition) is 1. The third-order valence-corrected chi connectivity index (χ3v) is 4.42. The third kappa shape index (κ3) is 3.83. The lowest BCUT2D eigenvalue weighted by molar-refractivity contribution is -0.115. The molecule has 0 spiro atoms. The van der Waals surface area contributed by atoms with Gasteiger partial charge in [0.25, 0.3) is 0 Å². The number of hydrogen-bond acceptors (Lipinski definition) is 4. The Balaban J connectivity index is 1.84. The number of thioether (sulfide) groups is 1. The molecule has 2 aromatic carbocycles. The van der Waals surface area contributed by atoms with Crippen LogP contribution in [0.25, 0.3) is 10.8 Å². The number of fused-ring (bicyclic) bond motifs is 1. The molecule has 3 aromatic rings. The first-order chi connectivity index (χ1) is 11.6. The molecule has 3 rings (SSSR count). The van der Waals surface area contributed by atoms with Crippen LogP contribution in [0.2, 0.25) is 0 Å². The molecule has 0 unspecified atom stereocenters. The summed E-state index contributed by atoms with van der Waals surface area (Å²) in [5.74, 6) is 0.223. The first kappa shape index (κ1) is 16.3. The number of rotatable bonds is 6. The van der Waals surface area contributed by atoms with Gasteiger partial charge in [0, 0.05) is 17.0 Å². The molecule has 6 heteroatoms. The SMILES string of the molecule is NC(=O)CSc1nccc2c(OCc3ccc(F)cc3)cccc12. The van der Waals surface area contributed by atoms with Crippen molar-refractivity contribution in [2.75, 3.05) is 5.75 Å². The molecule has 0 aliphatic carbocycles. The summed E-state index contributed by atoms with van der Waals surface area (Å²) in [7, 11) is 0. The maximum atomic E-state index is 12.9. The summed E-state index contributed by atoms with van der Waals surface area (Å²) >= 11 is 1.30. The lowest BCUT2D eigenvalue weighted by Crippen LogP contribution is -2.13. The van der Waals surface area contributed by atoms with Crippen LogP contribution in [-0.4, -0.2) is 16.6 Å². The number of aromatic nitrogens is 1. The first-order valence-electron chi connectivity index (χ1n) is 7.29. The molecule has 24 heavy (non-hydrogen) atoms. The van der Waals surface area contributed by atoms with Crippen molar-refractivity contribution in [1.82, 2.24) is 4.98 Å². The molecule has 0 bridgehead atoms. The van der Waals surface area contributed by atoms with Gasteiger partial charge in [-0.25, -0.2) is 9.37 Å². The van der Waals surface area contributed by atoms with Crippen LogP contribution in [0, 0.1) is 5.82 Å². The zero-order chi connectivity index (χ0) is 16.9. The van der Waals surface area contributed by atoms with Crippen LogP contribution >= 0.6 is 11.8 Å². The van der Waals surface area contributed by atoms with Gasteiger partial charge in [-0.2, -0.15) is 0 Å². The number of ether oxygens (including phenoxy) is 1. The van der Waals surface area contributed by atoms with Crippen LogP contribution in [0.4, 0.5) is 4.39 Å². The second kappa shape index (κ2) is 7.31. The van der Waals surface area contributed by atoms with Crippen molar-refractivity contribution in [2.45, 2.75) is 11.6 Å². The van der Waals surface area contributed by atoms with Crippen LogP contribution in [-0.2, 0) is 11.4 Å². The monoisotopic (exact) mass is 342 g/mol. The van der Waals surface area contributed by atoms with Crippen molar-refractivity contribution < 1.29 is 13.9 Å². The molecule has 0 saturated heterocycles. The Hall–Kier alpha value is -2.60. The minimum atomic E-state index is -0.387. The van der Waals surface area contributed by atoms with E-state index in [2.05, 4.69) is 4.98 Å². The Morgan fingerprint density at radius 3 is 2.67 bits per heavy atom. The lowest BCUT2D eigenvalue weighted by Gasteiger charge is -2.11. The van der Waals surface area contributed by atoms with E-state index in [9.17, 15) is 9.18 Å². The van der Waals surface area contributed by atoms with Gasteiger partial charge in [-0.3, -0.25) is 4.79 Å². The maximum Gasteiger partial charge on any atom is 0.227 e. The first-order valence-corrected chi connectivity index (χ1v) is 8.28. The minimum absolute atomic E-state index is 0.173. The molecule has 0 atom stereocenters. The number of pyridine rings is 1. The number of nitrogens with zero attached hydrogens (tertiary/aromatic N) is 1. The Morgan fingerprint density at radius 2 is 1.92 bits per heavy atom. The molecular weight excluding hydrogens is 327 g/mol. The van der Waals surface area contributed by atoms with Gasteiger partial charge in [0.15, 0.2) is 0 Å². The molecule has 0 aliphatic rings. The van der Waals surface area contributed by atoms with E-state index in [1.807, 2.05) is 24.3 Å². The Kier molecular flexibility index (Phi) is 4.96. The molecule has 0 saturated carbocycles. The van der Waals surface area contributed by atoms with Crippen molar-refractivity contribution in [3.05, 3.63) is 66.1 Å². The van der Waals surface area contributed by atoms with E-state index in [0.29, 0.717) is 12.4 Å². The number of primary amides is 1. The largest absolute Gasteiger partial charge is 0.488 e. The molecule has 2 N–H and O–H groups in total. The minimum Gasteiger partial charge on any atom is -0.488 e. The molecule has 0 fully saturated rings. The smallest absolute Gasteiger partial charge is 0.227 e. The number of carbonyl (C=O) groups excluding carboxylic acids is 1. The highest BCUT2D eigenvalue weighted by atomic mass is 32.2. The zero-order valence-corrected chi connectivity index (χ0v) is 13.6. The van der Waals surface area contributed by atoms with Crippen LogP contribution in [0.5, 0.6) is 5.75 Å². The number of halogens is 1. The van der Waals surface area contributed by atoms with E-state index in [0.717, 1.165) is 21.4 Å².